The zero-order chi connectivity index (χ0) is 18.1. The highest BCUT2D eigenvalue weighted by molar-refractivity contribution is 6.01. The van der Waals surface area contributed by atoms with Gasteiger partial charge in [-0.3, -0.25) is 4.79 Å². The molecule has 2 aromatic carbocycles. The van der Waals surface area contributed by atoms with Gasteiger partial charge < -0.3 is 8.98 Å². The zero-order valence-corrected chi connectivity index (χ0v) is 14.4. The number of pyridine rings is 1. The van der Waals surface area contributed by atoms with E-state index in [1.807, 2.05) is 43.5 Å². The van der Waals surface area contributed by atoms with Crippen molar-refractivity contribution in [3.8, 4) is 22.5 Å². The van der Waals surface area contributed by atoms with Crippen LogP contribution in [0.15, 0.2) is 76.1 Å². The highest BCUT2D eigenvalue weighted by Gasteiger charge is 2.18. The first-order valence-electron chi connectivity index (χ1n) is 8.65. The zero-order valence-electron chi connectivity index (χ0n) is 14.4. The largest absolute Gasteiger partial charge is 0.455 e. The van der Waals surface area contributed by atoms with Gasteiger partial charge in [0, 0.05) is 40.9 Å². The Morgan fingerprint density at radius 1 is 0.962 bits per heavy atom. The van der Waals surface area contributed by atoms with Gasteiger partial charge in [-0.25, -0.2) is 4.39 Å². The number of nitrogens with zero attached hydrogens (tertiary/aromatic N) is 1. The van der Waals surface area contributed by atoms with Crippen LogP contribution in [0.5, 0.6) is 0 Å². The molecule has 0 atom stereocenters. The van der Waals surface area contributed by atoms with Crippen LogP contribution in [-0.2, 0) is 6.54 Å². The van der Waals surface area contributed by atoms with Crippen LogP contribution >= 0.6 is 0 Å². The van der Waals surface area contributed by atoms with Crippen LogP contribution < -0.4 is 5.56 Å². The van der Waals surface area contributed by atoms with Gasteiger partial charge in [0.1, 0.15) is 17.2 Å². The van der Waals surface area contributed by atoms with E-state index in [0.717, 1.165) is 34.1 Å². The molecule has 0 N–H and O–H groups in total. The van der Waals surface area contributed by atoms with Crippen LogP contribution in [0.4, 0.5) is 4.39 Å². The number of hydrogen-bond donors (Lipinski definition) is 0. The third kappa shape index (κ3) is 2.84. The van der Waals surface area contributed by atoms with E-state index in [1.165, 1.54) is 12.1 Å². The predicted octanol–water partition coefficient (Wildman–Crippen LogP) is 5.48. The van der Waals surface area contributed by atoms with Crippen LogP contribution in [0, 0.1) is 5.82 Å². The van der Waals surface area contributed by atoms with Crippen molar-refractivity contribution in [3.05, 3.63) is 83.0 Å². The smallest absolute Gasteiger partial charge is 0.250 e. The number of aryl methyl sites for hydroxylation is 1. The molecule has 0 saturated carbocycles. The monoisotopic (exact) mass is 347 g/mol. The van der Waals surface area contributed by atoms with E-state index in [-0.39, 0.29) is 11.4 Å². The van der Waals surface area contributed by atoms with Crippen LogP contribution in [-0.4, -0.2) is 4.57 Å². The molecule has 2 aromatic heterocycles. The van der Waals surface area contributed by atoms with Crippen molar-refractivity contribution in [3.63, 3.8) is 0 Å². The Kier molecular flexibility index (Phi) is 4.17. The molecule has 0 amide bonds. The van der Waals surface area contributed by atoms with E-state index >= 15 is 0 Å². The summed E-state index contributed by atoms with van der Waals surface area (Å²) in [5.74, 6) is 0.385. The van der Waals surface area contributed by atoms with Gasteiger partial charge in [0.25, 0.3) is 5.56 Å². The number of benzene rings is 2. The average molecular weight is 347 g/mol. The minimum Gasteiger partial charge on any atom is -0.455 e. The number of aromatic nitrogens is 1. The van der Waals surface area contributed by atoms with Gasteiger partial charge in [0.15, 0.2) is 0 Å². The molecule has 0 aliphatic rings. The Balaban J connectivity index is 1.99. The molecule has 4 aromatic rings. The fourth-order valence-corrected chi connectivity index (χ4v) is 3.23. The Morgan fingerprint density at radius 2 is 1.69 bits per heavy atom. The van der Waals surface area contributed by atoms with E-state index in [2.05, 4.69) is 0 Å². The minimum absolute atomic E-state index is 0.0215. The molecule has 0 fully saturated rings. The summed E-state index contributed by atoms with van der Waals surface area (Å²) in [6.45, 7) is 2.70. The lowest BCUT2D eigenvalue weighted by Gasteiger charge is -2.08. The summed E-state index contributed by atoms with van der Waals surface area (Å²) in [7, 11) is 0. The van der Waals surface area contributed by atoms with Crippen molar-refractivity contribution < 1.29 is 8.81 Å². The summed E-state index contributed by atoms with van der Waals surface area (Å²) in [5, 5.41) is 0.966. The number of furan rings is 1. The maximum Gasteiger partial charge on any atom is 0.250 e. The van der Waals surface area contributed by atoms with Gasteiger partial charge in [-0.05, 0) is 42.8 Å². The third-order valence-corrected chi connectivity index (χ3v) is 4.44. The summed E-state index contributed by atoms with van der Waals surface area (Å²) in [4.78, 5) is 12.1. The first kappa shape index (κ1) is 16.3. The summed E-state index contributed by atoms with van der Waals surface area (Å²) in [5.41, 5.74) is 3.35. The lowest BCUT2D eigenvalue weighted by molar-refractivity contribution is 0.623. The number of hydrogen-bond acceptors (Lipinski definition) is 2. The van der Waals surface area contributed by atoms with Gasteiger partial charge in [0.2, 0.25) is 0 Å². The number of halogens is 1. The molecule has 0 aliphatic heterocycles. The predicted molar refractivity (Wildman–Crippen MR) is 102 cm³/mol. The van der Waals surface area contributed by atoms with Crippen LogP contribution in [0.25, 0.3) is 33.4 Å². The molecule has 26 heavy (non-hydrogen) atoms. The number of rotatable bonds is 4. The van der Waals surface area contributed by atoms with Crippen LogP contribution in [0.3, 0.4) is 0 Å². The van der Waals surface area contributed by atoms with E-state index in [0.29, 0.717) is 12.3 Å². The minimum atomic E-state index is -0.289. The fraction of sp³-hybridized carbons (Fsp3) is 0.136. The first-order chi connectivity index (χ1) is 12.7. The second kappa shape index (κ2) is 6.64. The van der Waals surface area contributed by atoms with Gasteiger partial charge in [-0.1, -0.05) is 25.1 Å². The van der Waals surface area contributed by atoms with E-state index < -0.39 is 0 Å². The van der Waals surface area contributed by atoms with E-state index in [4.69, 9.17) is 4.42 Å². The first-order valence-corrected chi connectivity index (χ1v) is 8.65. The molecule has 0 saturated heterocycles. The quantitative estimate of drug-likeness (QED) is 0.490. The lowest BCUT2D eigenvalue weighted by atomic mass is 10.00. The number of fused-ring (bicyclic) bond motifs is 1. The van der Waals surface area contributed by atoms with E-state index in [1.54, 1.807) is 22.8 Å². The molecule has 0 aliphatic carbocycles. The molecule has 0 radical (unpaired) electrons. The Bertz CT molecular complexity index is 1120. The van der Waals surface area contributed by atoms with Crippen molar-refractivity contribution in [2.24, 2.45) is 0 Å². The standard InChI is InChI=1S/C22H18FNO2/c1-2-13-24-14-16(9-12-20(24)25)21-18-5-3-4-6-19(18)26-22(21)15-7-10-17(23)11-8-15/h3-12,14H,2,13H2,1H3. The second-order valence-corrected chi connectivity index (χ2v) is 6.26. The summed E-state index contributed by atoms with van der Waals surface area (Å²) >= 11 is 0. The topological polar surface area (TPSA) is 35.1 Å². The Morgan fingerprint density at radius 3 is 2.46 bits per heavy atom. The van der Waals surface area contributed by atoms with Crippen molar-refractivity contribution in [1.82, 2.24) is 4.57 Å². The van der Waals surface area contributed by atoms with Gasteiger partial charge in [0.05, 0.1) is 0 Å². The second-order valence-electron chi connectivity index (χ2n) is 6.26. The molecular formula is C22H18FNO2. The third-order valence-electron chi connectivity index (χ3n) is 4.44. The molecule has 4 heteroatoms. The normalized spacial score (nSPS) is 11.2. The van der Waals surface area contributed by atoms with Crippen molar-refractivity contribution in [1.29, 1.82) is 0 Å². The molecule has 130 valence electrons. The maximum atomic E-state index is 13.3. The molecule has 3 nitrogen and oxygen atoms in total. The molecule has 2 heterocycles. The van der Waals surface area contributed by atoms with Crippen LogP contribution in [0.1, 0.15) is 13.3 Å². The van der Waals surface area contributed by atoms with Gasteiger partial charge in [-0.2, -0.15) is 0 Å². The fourth-order valence-electron chi connectivity index (χ4n) is 3.23. The van der Waals surface area contributed by atoms with Crippen molar-refractivity contribution >= 4 is 11.0 Å². The molecular weight excluding hydrogens is 329 g/mol. The lowest BCUT2D eigenvalue weighted by Crippen LogP contribution is -2.18. The summed E-state index contributed by atoms with van der Waals surface area (Å²) < 4.78 is 21.2. The van der Waals surface area contributed by atoms with Gasteiger partial charge >= 0.3 is 0 Å². The Hall–Kier alpha value is -3.14. The highest BCUT2D eigenvalue weighted by atomic mass is 19.1. The molecule has 0 bridgehead atoms. The summed E-state index contributed by atoms with van der Waals surface area (Å²) in [6.07, 6.45) is 2.75. The Labute approximate surface area is 150 Å². The average Bonchev–Trinajstić information content (AvgIpc) is 3.04. The molecule has 0 unspecified atom stereocenters. The SMILES string of the molecule is CCCn1cc(-c2c(-c3ccc(F)cc3)oc3ccccc23)ccc1=O. The van der Waals surface area contributed by atoms with Gasteiger partial charge in [-0.15, -0.1) is 0 Å². The number of para-hydroxylation sites is 1. The maximum absolute atomic E-state index is 13.3. The summed E-state index contributed by atoms with van der Waals surface area (Å²) in [6, 6.07) is 17.4. The highest BCUT2D eigenvalue weighted by Crippen LogP contribution is 2.40. The van der Waals surface area contributed by atoms with Crippen LogP contribution in [0.2, 0.25) is 0 Å². The molecule has 4 rings (SSSR count). The van der Waals surface area contributed by atoms with E-state index in [9.17, 15) is 9.18 Å². The van der Waals surface area contributed by atoms with Crippen molar-refractivity contribution in [2.75, 3.05) is 0 Å². The molecule has 0 spiro atoms. The van der Waals surface area contributed by atoms with Crippen molar-refractivity contribution in [2.45, 2.75) is 19.9 Å².